The van der Waals surface area contributed by atoms with Crippen LogP contribution in [0, 0.1) is 6.92 Å². The average Bonchev–Trinajstić information content (AvgIpc) is 3.53. The maximum Gasteiger partial charge on any atom is 0.262 e. The van der Waals surface area contributed by atoms with Crippen LogP contribution in [0.3, 0.4) is 0 Å². The first-order valence-electron chi connectivity index (χ1n) is 14.5. The molecule has 13 nitrogen and oxygen atoms in total. The number of rotatable bonds is 11. The van der Waals surface area contributed by atoms with Gasteiger partial charge in [0.05, 0.1) is 33.7 Å². The summed E-state index contributed by atoms with van der Waals surface area (Å²) < 4.78 is 17.8. The fourth-order valence-electron chi connectivity index (χ4n) is 5.29. The lowest BCUT2D eigenvalue weighted by Crippen LogP contribution is -2.54. The van der Waals surface area contributed by atoms with Crippen LogP contribution in [0.15, 0.2) is 67.3 Å². The number of imide groups is 2. The molecule has 1 aromatic heterocycles. The molecule has 0 radical (unpaired) electrons. The van der Waals surface area contributed by atoms with Gasteiger partial charge in [0.2, 0.25) is 11.8 Å². The van der Waals surface area contributed by atoms with Crippen molar-refractivity contribution in [2.75, 3.05) is 32.1 Å². The van der Waals surface area contributed by atoms with E-state index in [0.29, 0.717) is 29.3 Å². The number of benzene rings is 3. The van der Waals surface area contributed by atoms with Gasteiger partial charge in [-0.3, -0.25) is 34.2 Å². The lowest BCUT2D eigenvalue weighted by Gasteiger charge is -2.27. The van der Waals surface area contributed by atoms with E-state index in [1.807, 2.05) is 31.2 Å². The maximum absolute atomic E-state index is 13.1. The summed E-state index contributed by atoms with van der Waals surface area (Å²) in [5.41, 5.74) is 2.16. The monoisotopic (exact) mass is 721 g/mol. The number of hydrogen-bond donors (Lipinski definition) is 3. The van der Waals surface area contributed by atoms with Crippen molar-refractivity contribution < 1.29 is 38.0 Å². The van der Waals surface area contributed by atoms with E-state index in [2.05, 4.69) is 37.0 Å². The van der Waals surface area contributed by atoms with Crippen LogP contribution in [0.2, 0.25) is 0 Å². The van der Waals surface area contributed by atoms with Gasteiger partial charge < -0.3 is 24.6 Å². The van der Waals surface area contributed by atoms with Crippen LogP contribution in [-0.4, -0.2) is 72.4 Å². The van der Waals surface area contributed by atoms with Crippen LogP contribution in [-0.2, 0) is 14.4 Å². The van der Waals surface area contributed by atoms with Crippen molar-refractivity contribution in [3.63, 3.8) is 0 Å². The molecule has 3 N–H and O–H groups in total. The Morgan fingerprint density at radius 3 is 2.62 bits per heavy atom. The van der Waals surface area contributed by atoms with Crippen LogP contribution in [0.25, 0.3) is 11.0 Å². The largest absolute Gasteiger partial charge is 0.496 e. The molecule has 2 aliphatic heterocycles. The Bertz CT molecular complexity index is 1950. The molecule has 6 rings (SSSR count). The number of nitrogens with one attached hydrogen (secondary N) is 3. The van der Waals surface area contributed by atoms with Crippen LogP contribution in [0.1, 0.15) is 39.3 Å². The first-order valence-corrected chi connectivity index (χ1v) is 16.1. The number of ether oxygens (including phenoxy) is 2. The highest BCUT2D eigenvalue weighted by atomic mass is 79.9. The summed E-state index contributed by atoms with van der Waals surface area (Å²) in [6.07, 6.45) is 0.129. The zero-order chi connectivity index (χ0) is 33.2. The van der Waals surface area contributed by atoms with E-state index in [9.17, 15) is 24.0 Å². The van der Waals surface area contributed by atoms with Gasteiger partial charge in [-0.25, -0.2) is 0 Å². The van der Waals surface area contributed by atoms with E-state index < -0.39 is 29.7 Å². The molecule has 1 saturated heterocycles. The smallest absolute Gasteiger partial charge is 0.262 e. The second kappa shape index (κ2) is 13.5. The third kappa shape index (κ3) is 6.67. The topological polar surface area (TPSA) is 169 Å². The number of aryl methyl sites for hydroxylation is 1. The standard InChI is InChI=1S/C32H28BrN5O8S/c1-16-20-13-27(47-26-11-17(33)3-7-23(26)44-2)25(14-24(20)46-37-16)45-15-29(40)35-10-9-34-18-4-5-19-21(12-18)32(43)38(31(19)42)22-6-8-28(39)36-30(22)41/h3-5,7,11-14,22,34H,6,8-10,15H2,1-2H3,(H,35,40)(H,36,39,41). The lowest BCUT2D eigenvalue weighted by atomic mass is 10.0. The van der Waals surface area contributed by atoms with Crippen molar-refractivity contribution in [1.29, 1.82) is 0 Å². The zero-order valence-electron chi connectivity index (χ0n) is 25.2. The summed E-state index contributed by atoms with van der Waals surface area (Å²) in [6.45, 7) is 2.15. The Kier molecular flexibility index (Phi) is 9.18. The highest BCUT2D eigenvalue weighted by molar-refractivity contribution is 9.10. The quantitative estimate of drug-likeness (QED) is 0.151. The second-order valence-corrected chi connectivity index (χ2v) is 12.7. The minimum atomic E-state index is -1.03. The van der Waals surface area contributed by atoms with E-state index in [0.717, 1.165) is 30.2 Å². The van der Waals surface area contributed by atoms with Crippen LogP contribution < -0.4 is 25.4 Å². The molecule has 0 spiro atoms. The van der Waals surface area contributed by atoms with Crippen molar-refractivity contribution >= 4 is 73.9 Å². The molecule has 0 bridgehead atoms. The SMILES string of the molecule is COc1ccc(Br)cc1Sc1cc2c(C)noc2cc1OCC(=O)NCCNc1ccc2c(c1)C(=O)N(C1CCC(=O)NC1=O)C2=O. The first-order chi connectivity index (χ1) is 22.6. The fourth-order valence-corrected chi connectivity index (χ4v) is 6.87. The second-order valence-electron chi connectivity index (χ2n) is 10.7. The normalized spacial score (nSPS) is 15.9. The van der Waals surface area contributed by atoms with Crippen LogP contribution >= 0.6 is 27.7 Å². The molecule has 3 aromatic carbocycles. The van der Waals surface area contributed by atoms with E-state index in [1.165, 1.54) is 23.9 Å². The summed E-state index contributed by atoms with van der Waals surface area (Å²) in [5, 5.41) is 13.0. The molecular formula is C32H28BrN5O8S. The molecule has 0 aliphatic carbocycles. The van der Waals surface area contributed by atoms with Gasteiger partial charge in [0.25, 0.3) is 17.7 Å². The summed E-state index contributed by atoms with van der Waals surface area (Å²) in [5.74, 6) is -1.50. The predicted octanol–water partition coefficient (Wildman–Crippen LogP) is 4.07. The third-order valence-electron chi connectivity index (χ3n) is 7.64. The highest BCUT2D eigenvalue weighted by Gasteiger charge is 2.44. The minimum Gasteiger partial charge on any atom is -0.496 e. The van der Waals surface area contributed by atoms with Gasteiger partial charge in [0, 0.05) is 41.1 Å². The van der Waals surface area contributed by atoms with Gasteiger partial charge in [0.1, 0.15) is 17.5 Å². The maximum atomic E-state index is 13.1. The molecule has 242 valence electrons. The van der Waals surface area contributed by atoms with Gasteiger partial charge in [-0.05, 0) is 55.8 Å². The minimum absolute atomic E-state index is 0.0466. The van der Waals surface area contributed by atoms with Gasteiger partial charge >= 0.3 is 0 Å². The van der Waals surface area contributed by atoms with E-state index in [4.69, 9.17) is 14.0 Å². The number of carbonyl (C=O) groups is 5. The zero-order valence-corrected chi connectivity index (χ0v) is 27.6. The Balaban J connectivity index is 1.05. The number of anilines is 1. The summed E-state index contributed by atoms with van der Waals surface area (Å²) in [4.78, 5) is 65.0. The Labute approximate surface area is 280 Å². The number of piperidine rings is 1. The molecule has 15 heteroatoms. The van der Waals surface area contributed by atoms with Crippen LogP contribution in [0.4, 0.5) is 5.69 Å². The predicted molar refractivity (Wildman–Crippen MR) is 174 cm³/mol. The Morgan fingerprint density at radius 2 is 1.83 bits per heavy atom. The molecule has 47 heavy (non-hydrogen) atoms. The van der Waals surface area contributed by atoms with Gasteiger partial charge in [0.15, 0.2) is 12.2 Å². The number of aromatic nitrogens is 1. The van der Waals surface area contributed by atoms with Gasteiger partial charge in [-0.1, -0.05) is 32.8 Å². The molecule has 5 amide bonds. The van der Waals surface area contributed by atoms with Gasteiger partial charge in [-0.15, -0.1) is 0 Å². The lowest BCUT2D eigenvalue weighted by molar-refractivity contribution is -0.136. The number of halogens is 1. The van der Waals surface area contributed by atoms with E-state index >= 15 is 0 Å². The summed E-state index contributed by atoms with van der Waals surface area (Å²) >= 11 is 4.92. The van der Waals surface area contributed by atoms with E-state index in [-0.39, 0.29) is 43.0 Å². The first kappa shape index (κ1) is 32.1. The van der Waals surface area contributed by atoms with Crippen molar-refractivity contribution in [3.8, 4) is 11.5 Å². The Hall–Kier alpha value is -4.89. The average molecular weight is 723 g/mol. The molecule has 2 aliphatic rings. The van der Waals surface area contributed by atoms with Crippen molar-refractivity contribution in [2.24, 2.45) is 0 Å². The highest BCUT2D eigenvalue weighted by Crippen LogP contribution is 2.43. The molecule has 3 heterocycles. The van der Waals surface area contributed by atoms with Gasteiger partial charge in [-0.2, -0.15) is 0 Å². The molecule has 1 atom stereocenters. The molecular weight excluding hydrogens is 694 g/mol. The van der Waals surface area contributed by atoms with Crippen molar-refractivity contribution in [2.45, 2.75) is 35.6 Å². The van der Waals surface area contributed by atoms with Crippen LogP contribution in [0.5, 0.6) is 11.5 Å². The molecule has 1 fully saturated rings. The summed E-state index contributed by atoms with van der Waals surface area (Å²) in [6, 6.07) is 12.9. The van der Waals surface area contributed by atoms with Crippen molar-refractivity contribution in [1.82, 2.24) is 20.7 Å². The molecule has 0 saturated carbocycles. The molecule has 4 aromatic rings. The Morgan fingerprint density at radius 1 is 1.04 bits per heavy atom. The van der Waals surface area contributed by atoms with E-state index in [1.54, 1.807) is 19.2 Å². The number of hydrogen-bond acceptors (Lipinski definition) is 11. The third-order valence-corrected chi connectivity index (χ3v) is 9.21. The van der Waals surface area contributed by atoms with Crippen molar-refractivity contribution in [3.05, 3.63) is 69.8 Å². The number of carbonyl (C=O) groups excluding carboxylic acids is 5. The fraction of sp³-hybridized carbons (Fsp3) is 0.250. The summed E-state index contributed by atoms with van der Waals surface area (Å²) in [7, 11) is 1.60. The number of fused-ring (bicyclic) bond motifs is 2. The number of nitrogens with zero attached hydrogens (tertiary/aromatic N) is 2. The number of methoxy groups -OCH3 is 1. The number of amides is 5. The molecule has 1 unspecified atom stereocenters.